The molecule has 0 fully saturated rings. The van der Waals surface area contributed by atoms with E-state index in [-0.39, 0.29) is 11.9 Å². The van der Waals surface area contributed by atoms with Crippen LogP contribution >= 0.6 is 0 Å². The Labute approximate surface area is 131 Å². The Kier molecular flexibility index (Phi) is 4.14. The van der Waals surface area contributed by atoms with E-state index in [1.807, 2.05) is 19.1 Å². The van der Waals surface area contributed by atoms with Crippen LogP contribution in [0, 0.1) is 0 Å². The summed E-state index contributed by atoms with van der Waals surface area (Å²) < 4.78 is 5.17. The SMILES string of the molecule is COc1cccc(C(=O)NC(C)c2ccc3c(c2)CCC3)c1. The Bertz CT molecular complexity index is 694. The Morgan fingerprint density at radius 3 is 2.77 bits per heavy atom. The van der Waals surface area contributed by atoms with Gasteiger partial charge in [0.2, 0.25) is 0 Å². The molecule has 22 heavy (non-hydrogen) atoms. The second kappa shape index (κ2) is 6.22. The van der Waals surface area contributed by atoms with Crippen molar-refractivity contribution in [1.82, 2.24) is 5.32 Å². The third-order valence-corrected chi connectivity index (χ3v) is 4.30. The molecule has 2 aromatic carbocycles. The molecule has 0 radical (unpaired) electrons. The van der Waals surface area contributed by atoms with Gasteiger partial charge in [-0.15, -0.1) is 0 Å². The summed E-state index contributed by atoms with van der Waals surface area (Å²) in [6, 6.07) is 13.8. The van der Waals surface area contributed by atoms with E-state index in [4.69, 9.17) is 4.74 Å². The van der Waals surface area contributed by atoms with E-state index in [1.54, 1.807) is 19.2 Å². The molecule has 1 atom stereocenters. The monoisotopic (exact) mass is 295 g/mol. The van der Waals surface area contributed by atoms with Crippen LogP contribution in [0.15, 0.2) is 42.5 Å². The average molecular weight is 295 g/mol. The van der Waals surface area contributed by atoms with E-state index in [9.17, 15) is 4.79 Å². The highest BCUT2D eigenvalue weighted by Crippen LogP contribution is 2.25. The smallest absolute Gasteiger partial charge is 0.251 e. The van der Waals surface area contributed by atoms with Gasteiger partial charge in [-0.3, -0.25) is 4.79 Å². The highest BCUT2D eigenvalue weighted by Gasteiger charge is 2.15. The second-order valence-electron chi connectivity index (χ2n) is 5.81. The number of benzene rings is 2. The zero-order valence-electron chi connectivity index (χ0n) is 13.1. The van der Waals surface area contributed by atoms with Crippen molar-refractivity contribution in [3.05, 3.63) is 64.7 Å². The summed E-state index contributed by atoms with van der Waals surface area (Å²) in [5.74, 6) is 0.615. The fourth-order valence-electron chi connectivity index (χ4n) is 2.99. The molecule has 3 nitrogen and oxygen atoms in total. The summed E-state index contributed by atoms with van der Waals surface area (Å²) in [6.07, 6.45) is 3.57. The maximum Gasteiger partial charge on any atom is 0.251 e. The number of carbonyl (C=O) groups excluding carboxylic acids is 1. The van der Waals surface area contributed by atoms with Gasteiger partial charge in [-0.1, -0.05) is 24.3 Å². The van der Waals surface area contributed by atoms with E-state index in [1.165, 1.54) is 24.0 Å². The van der Waals surface area contributed by atoms with Crippen LogP contribution in [0.2, 0.25) is 0 Å². The third-order valence-electron chi connectivity index (χ3n) is 4.30. The van der Waals surface area contributed by atoms with Gasteiger partial charge < -0.3 is 10.1 Å². The van der Waals surface area contributed by atoms with Gasteiger partial charge in [0.05, 0.1) is 13.2 Å². The van der Waals surface area contributed by atoms with E-state index < -0.39 is 0 Å². The second-order valence-corrected chi connectivity index (χ2v) is 5.81. The molecule has 0 saturated carbocycles. The van der Waals surface area contributed by atoms with Crippen molar-refractivity contribution in [3.8, 4) is 5.75 Å². The number of hydrogen-bond donors (Lipinski definition) is 1. The fraction of sp³-hybridized carbons (Fsp3) is 0.316. The van der Waals surface area contributed by atoms with Gasteiger partial charge >= 0.3 is 0 Å². The number of rotatable bonds is 4. The van der Waals surface area contributed by atoms with Gasteiger partial charge in [0.15, 0.2) is 0 Å². The lowest BCUT2D eigenvalue weighted by Crippen LogP contribution is -2.26. The number of hydrogen-bond acceptors (Lipinski definition) is 2. The summed E-state index contributed by atoms with van der Waals surface area (Å²) >= 11 is 0. The number of aryl methyl sites for hydroxylation is 2. The zero-order chi connectivity index (χ0) is 15.5. The Morgan fingerprint density at radius 2 is 1.95 bits per heavy atom. The van der Waals surface area contributed by atoms with E-state index in [0.717, 1.165) is 12.0 Å². The lowest BCUT2D eigenvalue weighted by Gasteiger charge is -2.16. The van der Waals surface area contributed by atoms with Gasteiger partial charge in [-0.05, 0) is 61.1 Å². The third kappa shape index (κ3) is 2.98. The number of methoxy groups -OCH3 is 1. The molecule has 3 heteroatoms. The van der Waals surface area contributed by atoms with Crippen LogP contribution in [0.5, 0.6) is 5.75 Å². The van der Waals surface area contributed by atoms with Crippen LogP contribution < -0.4 is 10.1 Å². The molecule has 1 unspecified atom stereocenters. The molecular formula is C19H21NO2. The van der Waals surface area contributed by atoms with Crippen molar-refractivity contribution in [2.24, 2.45) is 0 Å². The molecule has 0 heterocycles. The molecule has 0 aromatic heterocycles. The van der Waals surface area contributed by atoms with Crippen molar-refractivity contribution in [3.63, 3.8) is 0 Å². The van der Waals surface area contributed by atoms with Crippen LogP contribution in [0.4, 0.5) is 0 Å². The van der Waals surface area contributed by atoms with Crippen molar-refractivity contribution < 1.29 is 9.53 Å². The number of amides is 1. The topological polar surface area (TPSA) is 38.3 Å². The fourth-order valence-corrected chi connectivity index (χ4v) is 2.99. The van der Waals surface area contributed by atoms with Crippen molar-refractivity contribution >= 4 is 5.91 Å². The van der Waals surface area contributed by atoms with Gasteiger partial charge in [-0.25, -0.2) is 0 Å². The van der Waals surface area contributed by atoms with Crippen LogP contribution in [0.25, 0.3) is 0 Å². The van der Waals surface area contributed by atoms with Crippen molar-refractivity contribution in [2.75, 3.05) is 7.11 Å². The number of ether oxygens (including phenoxy) is 1. The normalized spacial score (nSPS) is 14.3. The van der Waals surface area contributed by atoms with Crippen molar-refractivity contribution in [1.29, 1.82) is 0 Å². The van der Waals surface area contributed by atoms with E-state index in [2.05, 4.69) is 23.5 Å². The summed E-state index contributed by atoms with van der Waals surface area (Å²) in [6.45, 7) is 2.02. The molecule has 0 saturated heterocycles. The molecular weight excluding hydrogens is 274 g/mol. The van der Waals surface area contributed by atoms with Crippen LogP contribution in [-0.2, 0) is 12.8 Å². The molecule has 0 aliphatic heterocycles. The summed E-state index contributed by atoms with van der Waals surface area (Å²) in [5, 5.41) is 3.06. The molecule has 1 amide bonds. The first kappa shape index (κ1) is 14.6. The predicted molar refractivity (Wildman–Crippen MR) is 87.3 cm³/mol. The molecule has 1 aliphatic carbocycles. The maximum atomic E-state index is 12.4. The Balaban J connectivity index is 1.73. The number of carbonyl (C=O) groups is 1. The predicted octanol–water partition coefficient (Wildman–Crippen LogP) is 3.67. The van der Waals surface area contributed by atoms with Crippen LogP contribution in [0.3, 0.4) is 0 Å². The zero-order valence-corrected chi connectivity index (χ0v) is 13.1. The summed E-state index contributed by atoms with van der Waals surface area (Å²) in [5.41, 5.74) is 4.67. The maximum absolute atomic E-state index is 12.4. The Hall–Kier alpha value is -2.29. The molecule has 0 spiro atoms. The first-order valence-electron chi connectivity index (χ1n) is 7.74. The van der Waals surface area contributed by atoms with Crippen LogP contribution in [0.1, 0.15) is 46.4 Å². The van der Waals surface area contributed by atoms with Crippen LogP contribution in [-0.4, -0.2) is 13.0 Å². The summed E-state index contributed by atoms with van der Waals surface area (Å²) in [7, 11) is 1.60. The minimum atomic E-state index is -0.0769. The molecule has 1 aliphatic rings. The van der Waals surface area contributed by atoms with Crippen molar-refractivity contribution in [2.45, 2.75) is 32.2 Å². The largest absolute Gasteiger partial charge is 0.497 e. The molecule has 3 rings (SSSR count). The first-order chi connectivity index (χ1) is 10.7. The van der Waals surface area contributed by atoms with Gasteiger partial charge in [0.25, 0.3) is 5.91 Å². The van der Waals surface area contributed by atoms with Gasteiger partial charge in [0.1, 0.15) is 5.75 Å². The number of nitrogens with one attached hydrogen (secondary N) is 1. The quantitative estimate of drug-likeness (QED) is 0.934. The average Bonchev–Trinajstić information content (AvgIpc) is 3.02. The highest BCUT2D eigenvalue weighted by atomic mass is 16.5. The van der Waals surface area contributed by atoms with E-state index in [0.29, 0.717) is 11.3 Å². The number of fused-ring (bicyclic) bond motifs is 1. The lowest BCUT2D eigenvalue weighted by atomic mass is 10.0. The molecule has 2 aromatic rings. The minimum Gasteiger partial charge on any atom is -0.497 e. The standard InChI is InChI=1S/C19H21NO2/c1-13(15-10-9-14-5-3-6-16(14)11-15)20-19(21)17-7-4-8-18(12-17)22-2/h4,7-13H,3,5-6H2,1-2H3,(H,20,21). The minimum absolute atomic E-state index is 0.00963. The lowest BCUT2D eigenvalue weighted by molar-refractivity contribution is 0.0939. The van der Waals surface area contributed by atoms with E-state index >= 15 is 0 Å². The molecule has 1 N–H and O–H groups in total. The summed E-state index contributed by atoms with van der Waals surface area (Å²) in [4.78, 5) is 12.4. The molecule has 0 bridgehead atoms. The first-order valence-corrected chi connectivity index (χ1v) is 7.74. The van der Waals surface area contributed by atoms with Gasteiger partial charge in [0, 0.05) is 5.56 Å². The Morgan fingerprint density at radius 1 is 1.14 bits per heavy atom. The molecule has 114 valence electrons. The van der Waals surface area contributed by atoms with Gasteiger partial charge in [-0.2, -0.15) is 0 Å². The highest BCUT2D eigenvalue weighted by molar-refractivity contribution is 5.94.